The van der Waals surface area contributed by atoms with Crippen molar-refractivity contribution in [2.75, 3.05) is 6.54 Å². The zero-order valence-electron chi connectivity index (χ0n) is 13.0. The Balaban J connectivity index is 1.90. The molecule has 0 saturated carbocycles. The van der Waals surface area contributed by atoms with Gasteiger partial charge in [0.1, 0.15) is 11.6 Å². The van der Waals surface area contributed by atoms with Gasteiger partial charge in [-0.25, -0.2) is 8.78 Å². The van der Waals surface area contributed by atoms with Gasteiger partial charge in [-0.3, -0.25) is 9.59 Å². The molecule has 0 radical (unpaired) electrons. The van der Waals surface area contributed by atoms with E-state index in [2.05, 4.69) is 5.32 Å². The molecule has 126 valence electrons. The van der Waals surface area contributed by atoms with Gasteiger partial charge in [-0.15, -0.1) is 0 Å². The van der Waals surface area contributed by atoms with Crippen molar-refractivity contribution in [2.45, 2.75) is 12.8 Å². The topological polar surface area (TPSA) is 72.2 Å². The SMILES string of the molecule is NC(=O)[C@@H](CNC(=O)Cc1cccc(F)c1)Cc1ccc(F)cc1. The van der Waals surface area contributed by atoms with Crippen molar-refractivity contribution in [3.8, 4) is 0 Å². The van der Waals surface area contributed by atoms with Crippen LogP contribution in [0.4, 0.5) is 8.78 Å². The Hall–Kier alpha value is -2.76. The summed E-state index contributed by atoms with van der Waals surface area (Å²) >= 11 is 0. The van der Waals surface area contributed by atoms with Crippen molar-refractivity contribution in [1.29, 1.82) is 0 Å². The predicted molar refractivity (Wildman–Crippen MR) is 85.9 cm³/mol. The van der Waals surface area contributed by atoms with E-state index in [-0.39, 0.29) is 24.7 Å². The van der Waals surface area contributed by atoms with Gasteiger partial charge in [-0.1, -0.05) is 24.3 Å². The molecular formula is C18H18F2N2O2. The summed E-state index contributed by atoms with van der Waals surface area (Å²) in [5.74, 6) is -2.26. The first-order chi connectivity index (χ1) is 11.4. The van der Waals surface area contributed by atoms with Crippen molar-refractivity contribution in [3.63, 3.8) is 0 Å². The van der Waals surface area contributed by atoms with Gasteiger partial charge in [0.25, 0.3) is 0 Å². The van der Waals surface area contributed by atoms with E-state index < -0.39 is 17.6 Å². The third-order valence-electron chi connectivity index (χ3n) is 3.60. The van der Waals surface area contributed by atoms with E-state index in [0.717, 1.165) is 5.56 Å². The van der Waals surface area contributed by atoms with Crippen LogP contribution in [0.25, 0.3) is 0 Å². The maximum Gasteiger partial charge on any atom is 0.224 e. The molecule has 4 nitrogen and oxygen atoms in total. The van der Waals surface area contributed by atoms with Gasteiger partial charge in [-0.05, 0) is 41.8 Å². The summed E-state index contributed by atoms with van der Waals surface area (Å²) < 4.78 is 26.0. The van der Waals surface area contributed by atoms with E-state index in [1.165, 1.54) is 30.3 Å². The van der Waals surface area contributed by atoms with Gasteiger partial charge in [-0.2, -0.15) is 0 Å². The molecule has 0 unspecified atom stereocenters. The summed E-state index contributed by atoms with van der Waals surface area (Å²) in [7, 11) is 0. The fraction of sp³-hybridized carbons (Fsp3) is 0.222. The van der Waals surface area contributed by atoms with Crippen LogP contribution in [0.5, 0.6) is 0 Å². The van der Waals surface area contributed by atoms with Gasteiger partial charge >= 0.3 is 0 Å². The van der Waals surface area contributed by atoms with E-state index in [1.54, 1.807) is 18.2 Å². The Labute approximate surface area is 138 Å². The van der Waals surface area contributed by atoms with E-state index in [4.69, 9.17) is 5.73 Å². The number of halogens is 2. The molecule has 0 fully saturated rings. The Morgan fingerprint density at radius 2 is 1.71 bits per heavy atom. The normalized spacial score (nSPS) is 11.8. The second-order valence-corrected chi connectivity index (χ2v) is 5.54. The molecule has 0 aliphatic carbocycles. The Morgan fingerprint density at radius 1 is 1.00 bits per heavy atom. The number of nitrogens with one attached hydrogen (secondary N) is 1. The predicted octanol–water partition coefficient (Wildman–Crippen LogP) is 1.97. The quantitative estimate of drug-likeness (QED) is 0.814. The first-order valence-electron chi connectivity index (χ1n) is 7.49. The molecular weight excluding hydrogens is 314 g/mol. The number of carbonyl (C=O) groups is 2. The average molecular weight is 332 g/mol. The van der Waals surface area contributed by atoms with E-state index in [1.807, 2.05) is 0 Å². The van der Waals surface area contributed by atoms with Crippen molar-refractivity contribution < 1.29 is 18.4 Å². The lowest BCUT2D eigenvalue weighted by Gasteiger charge is -2.14. The summed E-state index contributed by atoms with van der Waals surface area (Å²) in [5.41, 5.74) is 6.65. The Morgan fingerprint density at radius 3 is 2.33 bits per heavy atom. The van der Waals surface area contributed by atoms with Crippen LogP contribution >= 0.6 is 0 Å². The highest BCUT2D eigenvalue weighted by Gasteiger charge is 2.17. The molecule has 24 heavy (non-hydrogen) atoms. The number of amides is 2. The highest BCUT2D eigenvalue weighted by atomic mass is 19.1. The van der Waals surface area contributed by atoms with Crippen LogP contribution in [-0.2, 0) is 22.4 Å². The molecule has 2 rings (SSSR count). The van der Waals surface area contributed by atoms with Crippen molar-refractivity contribution in [3.05, 3.63) is 71.3 Å². The Bertz CT molecular complexity index is 717. The van der Waals surface area contributed by atoms with E-state index in [9.17, 15) is 18.4 Å². The largest absolute Gasteiger partial charge is 0.369 e. The zero-order chi connectivity index (χ0) is 17.5. The molecule has 6 heteroatoms. The molecule has 2 aromatic rings. The fourth-order valence-corrected chi connectivity index (χ4v) is 2.31. The van der Waals surface area contributed by atoms with Crippen molar-refractivity contribution >= 4 is 11.8 Å². The van der Waals surface area contributed by atoms with Crippen LogP contribution in [0, 0.1) is 17.6 Å². The highest BCUT2D eigenvalue weighted by Crippen LogP contribution is 2.10. The number of primary amides is 1. The highest BCUT2D eigenvalue weighted by molar-refractivity contribution is 5.81. The lowest BCUT2D eigenvalue weighted by Crippen LogP contribution is -2.37. The van der Waals surface area contributed by atoms with Crippen molar-refractivity contribution in [1.82, 2.24) is 5.32 Å². The maximum atomic E-state index is 13.1. The number of nitrogens with two attached hydrogens (primary N) is 1. The van der Waals surface area contributed by atoms with Crippen LogP contribution in [0.2, 0.25) is 0 Å². The van der Waals surface area contributed by atoms with Crippen LogP contribution in [-0.4, -0.2) is 18.4 Å². The van der Waals surface area contributed by atoms with E-state index >= 15 is 0 Å². The minimum atomic E-state index is -0.605. The molecule has 0 heterocycles. The van der Waals surface area contributed by atoms with E-state index in [0.29, 0.717) is 12.0 Å². The molecule has 1 atom stereocenters. The summed E-state index contributed by atoms with van der Waals surface area (Å²) in [4.78, 5) is 23.4. The van der Waals surface area contributed by atoms with Gasteiger partial charge in [0.2, 0.25) is 11.8 Å². The number of rotatable bonds is 7. The standard InChI is InChI=1S/C18H18F2N2O2/c19-15-6-4-12(5-7-15)8-14(18(21)24)11-22-17(23)10-13-2-1-3-16(20)9-13/h1-7,9,14H,8,10-11H2,(H2,21,24)(H,22,23)/t14-/m1/s1. The number of benzene rings is 2. The summed E-state index contributed by atoms with van der Waals surface area (Å²) in [5, 5.41) is 2.63. The number of hydrogen-bond acceptors (Lipinski definition) is 2. The van der Waals surface area contributed by atoms with Gasteiger partial charge < -0.3 is 11.1 Å². The van der Waals surface area contributed by atoms with Crippen LogP contribution < -0.4 is 11.1 Å². The summed E-state index contributed by atoms with van der Waals surface area (Å²) in [6, 6.07) is 11.5. The maximum absolute atomic E-state index is 13.1. The summed E-state index contributed by atoms with van der Waals surface area (Å²) in [6.07, 6.45) is 0.315. The molecule has 2 amide bonds. The van der Waals surface area contributed by atoms with Gasteiger partial charge in [0.05, 0.1) is 12.3 Å². The lowest BCUT2D eigenvalue weighted by atomic mass is 9.98. The minimum absolute atomic E-state index is 0.0137. The molecule has 0 aromatic heterocycles. The number of carbonyl (C=O) groups excluding carboxylic acids is 2. The fourth-order valence-electron chi connectivity index (χ4n) is 2.31. The molecule has 0 aliphatic rings. The minimum Gasteiger partial charge on any atom is -0.369 e. The number of hydrogen-bond donors (Lipinski definition) is 2. The first-order valence-corrected chi connectivity index (χ1v) is 7.49. The zero-order valence-corrected chi connectivity index (χ0v) is 13.0. The van der Waals surface area contributed by atoms with Gasteiger partial charge in [0, 0.05) is 6.54 Å². The van der Waals surface area contributed by atoms with Crippen molar-refractivity contribution in [2.24, 2.45) is 11.7 Å². The molecule has 0 bridgehead atoms. The average Bonchev–Trinajstić information content (AvgIpc) is 2.53. The monoisotopic (exact) mass is 332 g/mol. The Kier molecular flexibility index (Phi) is 6.01. The molecule has 2 aromatic carbocycles. The third-order valence-corrected chi connectivity index (χ3v) is 3.60. The molecule has 0 spiro atoms. The second kappa shape index (κ2) is 8.19. The van der Waals surface area contributed by atoms with Crippen LogP contribution in [0.1, 0.15) is 11.1 Å². The van der Waals surface area contributed by atoms with Crippen LogP contribution in [0.15, 0.2) is 48.5 Å². The second-order valence-electron chi connectivity index (χ2n) is 5.54. The first kappa shape index (κ1) is 17.6. The van der Waals surface area contributed by atoms with Gasteiger partial charge in [0.15, 0.2) is 0 Å². The van der Waals surface area contributed by atoms with Crippen LogP contribution in [0.3, 0.4) is 0 Å². The molecule has 0 aliphatic heterocycles. The molecule has 3 N–H and O–H groups in total. The summed E-state index contributed by atoms with van der Waals surface area (Å²) in [6.45, 7) is 0.0703. The smallest absolute Gasteiger partial charge is 0.224 e. The lowest BCUT2D eigenvalue weighted by molar-refractivity contribution is -0.123. The molecule has 0 saturated heterocycles. The third kappa shape index (κ3) is 5.46.